The molecule has 0 bridgehead atoms. The lowest BCUT2D eigenvalue weighted by Crippen LogP contribution is -2.53. The van der Waals surface area contributed by atoms with Crippen LogP contribution in [0.15, 0.2) is 48.5 Å². The van der Waals surface area contributed by atoms with E-state index >= 15 is 0 Å². The summed E-state index contributed by atoms with van der Waals surface area (Å²) < 4.78 is 13.1. The third-order valence-corrected chi connectivity index (χ3v) is 5.90. The van der Waals surface area contributed by atoms with Crippen LogP contribution in [-0.4, -0.2) is 58.6 Å². The van der Waals surface area contributed by atoms with Crippen molar-refractivity contribution in [1.29, 1.82) is 0 Å². The van der Waals surface area contributed by atoms with E-state index in [1.165, 1.54) is 28.4 Å². The summed E-state index contributed by atoms with van der Waals surface area (Å²) in [5, 5.41) is 0. The first kappa shape index (κ1) is 21.0. The highest BCUT2D eigenvalue weighted by atomic mass is 19.1. The van der Waals surface area contributed by atoms with Crippen molar-refractivity contribution in [3.63, 3.8) is 0 Å². The molecule has 3 amide bonds. The van der Waals surface area contributed by atoms with Gasteiger partial charge in [-0.15, -0.1) is 0 Å². The Morgan fingerprint density at radius 2 is 1.19 bits per heavy atom. The zero-order valence-corrected chi connectivity index (χ0v) is 17.4. The molecule has 2 heterocycles. The molecular weight excluding hydrogens is 397 g/mol. The minimum absolute atomic E-state index is 0.0481. The molecule has 0 spiro atoms. The SMILES string of the molecule is O=C1C(=O)N(Cc2ccc(C(=O)N3CCCCC3)cc2)CCN1Cc1ccc(F)cc1. The van der Waals surface area contributed by atoms with Crippen LogP contribution in [0.3, 0.4) is 0 Å². The van der Waals surface area contributed by atoms with Crippen molar-refractivity contribution in [2.24, 2.45) is 0 Å². The molecule has 0 saturated carbocycles. The normalized spacial score (nSPS) is 17.3. The lowest BCUT2D eigenvalue weighted by molar-refractivity contribution is -0.156. The molecule has 6 nitrogen and oxygen atoms in total. The van der Waals surface area contributed by atoms with Crippen molar-refractivity contribution in [3.05, 3.63) is 71.0 Å². The molecule has 2 fully saturated rings. The van der Waals surface area contributed by atoms with E-state index in [-0.39, 0.29) is 18.3 Å². The first-order chi connectivity index (χ1) is 15.0. The van der Waals surface area contributed by atoms with E-state index in [2.05, 4.69) is 0 Å². The van der Waals surface area contributed by atoms with Gasteiger partial charge in [0, 0.05) is 44.8 Å². The quantitative estimate of drug-likeness (QED) is 0.695. The van der Waals surface area contributed by atoms with Crippen molar-refractivity contribution >= 4 is 17.7 Å². The maximum absolute atomic E-state index is 13.1. The molecule has 7 heteroatoms. The number of halogens is 1. The van der Waals surface area contributed by atoms with Crippen LogP contribution in [0, 0.1) is 5.82 Å². The number of piperidine rings is 1. The largest absolute Gasteiger partial charge is 0.339 e. The molecular formula is C24H26FN3O3. The Kier molecular flexibility index (Phi) is 6.30. The molecule has 0 radical (unpaired) electrons. The van der Waals surface area contributed by atoms with Gasteiger partial charge in [0.25, 0.3) is 5.91 Å². The molecule has 0 aromatic heterocycles. The molecule has 2 aliphatic heterocycles. The molecule has 2 saturated heterocycles. The minimum Gasteiger partial charge on any atom is -0.339 e. The first-order valence-electron chi connectivity index (χ1n) is 10.7. The van der Waals surface area contributed by atoms with Crippen LogP contribution < -0.4 is 0 Å². The average molecular weight is 423 g/mol. The standard InChI is InChI=1S/C24H26FN3O3/c25-21-10-6-19(7-11-21)17-28-15-14-27(23(30)24(28)31)16-18-4-8-20(9-5-18)22(29)26-12-2-1-3-13-26/h4-11H,1-3,12-17H2. The number of carbonyl (C=O) groups is 3. The summed E-state index contributed by atoms with van der Waals surface area (Å²) in [5.74, 6) is -1.37. The van der Waals surface area contributed by atoms with Gasteiger partial charge >= 0.3 is 11.8 Å². The number of hydrogen-bond donors (Lipinski definition) is 0. The third kappa shape index (κ3) is 4.93. The molecule has 2 aromatic rings. The third-order valence-electron chi connectivity index (χ3n) is 5.90. The zero-order valence-electron chi connectivity index (χ0n) is 17.4. The predicted molar refractivity (Wildman–Crippen MR) is 113 cm³/mol. The van der Waals surface area contributed by atoms with E-state index in [1.807, 2.05) is 17.0 Å². The number of nitrogens with zero attached hydrogens (tertiary/aromatic N) is 3. The number of carbonyl (C=O) groups excluding carboxylic acids is 3. The van der Waals surface area contributed by atoms with E-state index in [4.69, 9.17) is 0 Å². The van der Waals surface area contributed by atoms with Gasteiger partial charge in [-0.1, -0.05) is 24.3 Å². The number of piperazine rings is 1. The summed E-state index contributed by atoms with van der Waals surface area (Å²) in [6, 6.07) is 13.2. The Morgan fingerprint density at radius 3 is 1.71 bits per heavy atom. The van der Waals surface area contributed by atoms with E-state index in [0.29, 0.717) is 25.2 Å². The van der Waals surface area contributed by atoms with Crippen molar-refractivity contribution in [2.45, 2.75) is 32.4 Å². The molecule has 0 unspecified atom stereocenters. The lowest BCUT2D eigenvalue weighted by atomic mass is 10.1. The zero-order chi connectivity index (χ0) is 21.8. The molecule has 2 aromatic carbocycles. The molecule has 0 aliphatic carbocycles. The molecule has 4 rings (SSSR count). The van der Waals surface area contributed by atoms with Gasteiger partial charge in [-0.25, -0.2) is 4.39 Å². The summed E-state index contributed by atoms with van der Waals surface area (Å²) in [6.07, 6.45) is 3.27. The molecule has 2 aliphatic rings. The fourth-order valence-corrected chi connectivity index (χ4v) is 4.08. The molecule has 31 heavy (non-hydrogen) atoms. The molecule has 0 N–H and O–H groups in total. The Hall–Kier alpha value is -3.22. The van der Waals surface area contributed by atoms with E-state index in [1.54, 1.807) is 24.3 Å². The van der Waals surface area contributed by atoms with Crippen LogP contribution in [0.5, 0.6) is 0 Å². The number of rotatable bonds is 5. The summed E-state index contributed by atoms with van der Waals surface area (Å²) in [6.45, 7) is 3.08. The Bertz CT molecular complexity index is 953. The van der Waals surface area contributed by atoms with Crippen LogP contribution in [0.25, 0.3) is 0 Å². The topological polar surface area (TPSA) is 60.9 Å². The van der Waals surface area contributed by atoms with E-state index in [0.717, 1.165) is 37.1 Å². The van der Waals surface area contributed by atoms with Gasteiger partial charge in [-0.05, 0) is 54.7 Å². The number of amides is 3. The van der Waals surface area contributed by atoms with Crippen LogP contribution >= 0.6 is 0 Å². The highest BCUT2D eigenvalue weighted by molar-refractivity contribution is 6.35. The van der Waals surface area contributed by atoms with Crippen molar-refractivity contribution < 1.29 is 18.8 Å². The van der Waals surface area contributed by atoms with Crippen molar-refractivity contribution in [2.75, 3.05) is 26.2 Å². The Morgan fingerprint density at radius 1 is 0.710 bits per heavy atom. The Balaban J connectivity index is 1.34. The van der Waals surface area contributed by atoms with E-state index < -0.39 is 11.8 Å². The monoisotopic (exact) mass is 423 g/mol. The first-order valence-corrected chi connectivity index (χ1v) is 10.7. The van der Waals surface area contributed by atoms with Crippen LogP contribution in [0.4, 0.5) is 4.39 Å². The fourth-order valence-electron chi connectivity index (χ4n) is 4.08. The van der Waals surface area contributed by atoms with Gasteiger partial charge in [0.05, 0.1) is 0 Å². The van der Waals surface area contributed by atoms with Crippen molar-refractivity contribution in [1.82, 2.24) is 14.7 Å². The van der Waals surface area contributed by atoms with Crippen LogP contribution in [0.2, 0.25) is 0 Å². The van der Waals surface area contributed by atoms with Crippen LogP contribution in [-0.2, 0) is 22.7 Å². The number of likely N-dealkylation sites (tertiary alicyclic amines) is 1. The maximum Gasteiger partial charge on any atom is 0.312 e. The lowest BCUT2D eigenvalue weighted by Gasteiger charge is -2.34. The minimum atomic E-state index is -0.549. The smallest absolute Gasteiger partial charge is 0.312 e. The second kappa shape index (κ2) is 9.29. The predicted octanol–water partition coefficient (Wildman–Crippen LogP) is 2.82. The van der Waals surface area contributed by atoms with Gasteiger partial charge in [0.2, 0.25) is 0 Å². The second-order valence-electron chi connectivity index (χ2n) is 8.13. The van der Waals surface area contributed by atoms with Gasteiger partial charge in [0.15, 0.2) is 0 Å². The maximum atomic E-state index is 13.1. The summed E-state index contributed by atoms with van der Waals surface area (Å²) in [5.41, 5.74) is 2.31. The van der Waals surface area contributed by atoms with Crippen LogP contribution in [0.1, 0.15) is 40.7 Å². The number of hydrogen-bond acceptors (Lipinski definition) is 3. The molecule has 0 atom stereocenters. The fraction of sp³-hybridized carbons (Fsp3) is 0.375. The Labute approximate surface area is 181 Å². The summed E-state index contributed by atoms with van der Waals surface area (Å²) >= 11 is 0. The van der Waals surface area contributed by atoms with Gasteiger partial charge < -0.3 is 14.7 Å². The average Bonchev–Trinajstić information content (AvgIpc) is 2.81. The van der Waals surface area contributed by atoms with Crippen molar-refractivity contribution in [3.8, 4) is 0 Å². The number of benzene rings is 2. The van der Waals surface area contributed by atoms with Gasteiger partial charge in [-0.3, -0.25) is 14.4 Å². The highest BCUT2D eigenvalue weighted by Crippen LogP contribution is 2.17. The molecule has 162 valence electrons. The summed E-state index contributed by atoms with van der Waals surface area (Å²) in [7, 11) is 0. The summed E-state index contributed by atoms with van der Waals surface area (Å²) in [4.78, 5) is 42.6. The second-order valence-corrected chi connectivity index (χ2v) is 8.13. The van der Waals surface area contributed by atoms with Gasteiger partial charge in [-0.2, -0.15) is 0 Å². The highest BCUT2D eigenvalue weighted by Gasteiger charge is 2.32. The van der Waals surface area contributed by atoms with E-state index in [9.17, 15) is 18.8 Å². The van der Waals surface area contributed by atoms with Gasteiger partial charge in [0.1, 0.15) is 5.82 Å².